The predicted molar refractivity (Wildman–Crippen MR) is 85.1 cm³/mol. The number of hydrogen-bond donors (Lipinski definition) is 1. The molecule has 1 aliphatic heterocycles. The Balaban J connectivity index is 2.93. The first-order chi connectivity index (χ1) is 11.5. The minimum Gasteiger partial charge on any atom is -0.366 e. The number of hydrogen-bond acceptors (Lipinski definition) is 4. The topological polar surface area (TPSA) is 68.3 Å². The number of thioether (sulfide) groups is 1. The Morgan fingerprint density at radius 3 is 2.36 bits per heavy atom. The van der Waals surface area contributed by atoms with Crippen LogP contribution in [0.15, 0.2) is 4.99 Å². The van der Waals surface area contributed by atoms with Crippen LogP contribution >= 0.6 is 11.8 Å². The van der Waals surface area contributed by atoms with Gasteiger partial charge in [0.15, 0.2) is 5.69 Å². The Kier molecular flexibility index (Phi) is 5.70. The van der Waals surface area contributed by atoms with E-state index in [4.69, 9.17) is 5.73 Å². The summed E-state index contributed by atoms with van der Waals surface area (Å²) in [4.78, 5) is 18.9. The Bertz CT molecular complexity index is 716. The van der Waals surface area contributed by atoms with Crippen molar-refractivity contribution in [3.05, 3.63) is 28.1 Å². The van der Waals surface area contributed by atoms with Gasteiger partial charge >= 0.3 is 6.18 Å². The molecule has 25 heavy (non-hydrogen) atoms. The lowest BCUT2D eigenvalue weighted by Gasteiger charge is -2.22. The van der Waals surface area contributed by atoms with Gasteiger partial charge in [0, 0.05) is 17.9 Å². The number of halogens is 5. The highest BCUT2D eigenvalue weighted by molar-refractivity contribution is 8.14. The number of nitrogens with two attached hydrogens (primary N) is 1. The molecule has 1 amide bonds. The maximum atomic E-state index is 13.5. The van der Waals surface area contributed by atoms with Crippen LogP contribution in [0, 0.1) is 5.92 Å². The molecule has 0 radical (unpaired) electrons. The number of carbonyl (C=O) groups excluding carboxylic acids is 1. The fraction of sp³-hybridized carbons (Fsp3) is 0.533. The SMILES string of the molecule is CC(C)Cc1c(C(N)=O)c(C(F)F)nc(C(F)(F)F)c1C1=NCCS1. The lowest BCUT2D eigenvalue weighted by atomic mass is 9.91. The number of amides is 1. The molecule has 0 bridgehead atoms. The first-order valence-electron chi connectivity index (χ1n) is 7.43. The molecule has 0 atom stereocenters. The van der Waals surface area contributed by atoms with Gasteiger partial charge in [0.05, 0.1) is 5.56 Å². The zero-order valence-electron chi connectivity index (χ0n) is 13.5. The highest BCUT2D eigenvalue weighted by atomic mass is 32.2. The molecule has 2 heterocycles. The van der Waals surface area contributed by atoms with E-state index in [1.54, 1.807) is 13.8 Å². The first kappa shape index (κ1) is 19.6. The van der Waals surface area contributed by atoms with Gasteiger partial charge in [-0.2, -0.15) is 13.2 Å². The average Bonchev–Trinajstić information content (AvgIpc) is 2.97. The summed E-state index contributed by atoms with van der Waals surface area (Å²) < 4.78 is 67.1. The van der Waals surface area contributed by atoms with E-state index in [9.17, 15) is 26.7 Å². The standard InChI is InChI=1S/C15H16F5N3OS/c1-6(2)5-7-8(13(21)24)10(12(16)17)23-11(15(18,19)20)9(7)14-22-3-4-25-14/h6,12H,3-5H2,1-2H3,(H2,21,24). The summed E-state index contributed by atoms with van der Waals surface area (Å²) in [5.41, 5.74) is 1.34. The van der Waals surface area contributed by atoms with Crippen molar-refractivity contribution < 1.29 is 26.7 Å². The molecule has 0 aliphatic carbocycles. The molecule has 0 spiro atoms. The number of pyridine rings is 1. The summed E-state index contributed by atoms with van der Waals surface area (Å²) in [5.74, 6) is -0.953. The molecule has 0 unspecified atom stereocenters. The van der Waals surface area contributed by atoms with Crippen molar-refractivity contribution in [2.45, 2.75) is 32.9 Å². The summed E-state index contributed by atoms with van der Waals surface area (Å²) in [6.45, 7) is 3.71. The normalized spacial score (nSPS) is 15.2. The Hall–Kier alpha value is -1.71. The monoisotopic (exact) mass is 381 g/mol. The van der Waals surface area contributed by atoms with Crippen molar-refractivity contribution in [3.63, 3.8) is 0 Å². The minimum absolute atomic E-state index is 0.0293. The average molecular weight is 381 g/mol. The lowest BCUT2D eigenvalue weighted by Crippen LogP contribution is -2.26. The molecule has 0 saturated carbocycles. The second-order valence-electron chi connectivity index (χ2n) is 5.87. The van der Waals surface area contributed by atoms with E-state index in [-0.39, 0.29) is 22.9 Å². The van der Waals surface area contributed by atoms with E-state index < -0.39 is 41.0 Å². The molecule has 1 aromatic rings. The number of rotatable bonds is 5. The van der Waals surface area contributed by atoms with E-state index in [0.717, 1.165) is 11.8 Å². The van der Waals surface area contributed by atoms with E-state index in [2.05, 4.69) is 9.98 Å². The number of carbonyl (C=O) groups is 1. The molecule has 138 valence electrons. The highest BCUT2D eigenvalue weighted by Gasteiger charge is 2.41. The molecule has 10 heteroatoms. The Labute approximate surface area is 145 Å². The van der Waals surface area contributed by atoms with Gasteiger partial charge in [0.2, 0.25) is 0 Å². The van der Waals surface area contributed by atoms with Crippen LogP contribution < -0.4 is 5.73 Å². The van der Waals surface area contributed by atoms with Crippen LogP contribution in [0.25, 0.3) is 0 Å². The van der Waals surface area contributed by atoms with Crippen LogP contribution in [-0.2, 0) is 12.6 Å². The summed E-state index contributed by atoms with van der Waals surface area (Å²) in [5, 5.41) is 0.0544. The zero-order valence-corrected chi connectivity index (χ0v) is 14.3. The van der Waals surface area contributed by atoms with Gasteiger partial charge in [-0.15, -0.1) is 11.8 Å². The van der Waals surface area contributed by atoms with E-state index in [1.165, 1.54) is 0 Å². The van der Waals surface area contributed by atoms with Gasteiger partial charge in [-0.3, -0.25) is 9.79 Å². The number of alkyl halides is 5. The second-order valence-corrected chi connectivity index (χ2v) is 6.95. The second kappa shape index (κ2) is 7.27. The highest BCUT2D eigenvalue weighted by Crippen LogP contribution is 2.39. The number of aromatic nitrogens is 1. The molecule has 2 rings (SSSR count). The van der Waals surface area contributed by atoms with Gasteiger partial charge in [0.1, 0.15) is 10.7 Å². The van der Waals surface area contributed by atoms with Gasteiger partial charge < -0.3 is 5.73 Å². The van der Waals surface area contributed by atoms with E-state index in [0.29, 0.717) is 12.3 Å². The van der Waals surface area contributed by atoms with Crippen LogP contribution in [0.4, 0.5) is 22.0 Å². The summed E-state index contributed by atoms with van der Waals surface area (Å²) in [7, 11) is 0. The first-order valence-corrected chi connectivity index (χ1v) is 8.42. The van der Waals surface area contributed by atoms with Crippen LogP contribution in [0.3, 0.4) is 0 Å². The van der Waals surface area contributed by atoms with E-state index >= 15 is 0 Å². The summed E-state index contributed by atoms with van der Waals surface area (Å²) in [6.07, 6.45) is -8.35. The molecule has 0 saturated heterocycles. The number of aliphatic imine (C=N–C) groups is 1. The predicted octanol–water partition coefficient (Wildman–Crippen LogP) is 3.83. The molecule has 1 aliphatic rings. The fourth-order valence-corrected chi connectivity index (χ4v) is 3.54. The third-order valence-electron chi connectivity index (χ3n) is 3.46. The van der Waals surface area contributed by atoms with Crippen LogP contribution in [0.2, 0.25) is 0 Å². The third-order valence-corrected chi connectivity index (χ3v) is 4.46. The third kappa shape index (κ3) is 4.10. The Morgan fingerprint density at radius 2 is 1.96 bits per heavy atom. The van der Waals surface area contributed by atoms with Gasteiger partial charge in [-0.05, 0) is 17.9 Å². The molecular formula is C15H16F5N3OS. The molecular weight excluding hydrogens is 365 g/mol. The molecule has 0 aromatic carbocycles. The maximum absolute atomic E-state index is 13.5. The van der Waals surface area contributed by atoms with Gasteiger partial charge in [-0.1, -0.05) is 13.8 Å². The molecule has 1 aromatic heterocycles. The van der Waals surface area contributed by atoms with Crippen LogP contribution in [0.5, 0.6) is 0 Å². The number of primary amides is 1. The molecule has 2 N–H and O–H groups in total. The summed E-state index contributed by atoms with van der Waals surface area (Å²) >= 11 is 1.07. The molecule has 4 nitrogen and oxygen atoms in total. The molecule has 0 fully saturated rings. The van der Waals surface area contributed by atoms with Crippen molar-refractivity contribution >= 4 is 22.7 Å². The van der Waals surface area contributed by atoms with Crippen molar-refractivity contribution in [1.82, 2.24) is 4.98 Å². The fourth-order valence-electron chi connectivity index (χ4n) is 2.62. The van der Waals surface area contributed by atoms with Crippen LogP contribution in [-0.4, -0.2) is 28.2 Å². The maximum Gasteiger partial charge on any atom is 0.434 e. The smallest absolute Gasteiger partial charge is 0.366 e. The largest absolute Gasteiger partial charge is 0.434 e. The van der Waals surface area contributed by atoms with Gasteiger partial charge in [-0.25, -0.2) is 13.8 Å². The lowest BCUT2D eigenvalue weighted by molar-refractivity contribution is -0.141. The Morgan fingerprint density at radius 1 is 1.32 bits per heavy atom. The summed E-state index contributed by atoms with van der Waals surface area (Å²) in [6, 6.07) is 0. The van der Waals surface area contributed by atoms with Crippen molar-refractivity contribution in [1.29, 1.82) is 0 Å². The van der Waals surface area contributed by atoms with Crippen molar-refractivity contribution in [2.24, 2.45) is 16.6 Å². The van der Waals surface area contributed by atoms with Gasteiger partial charge in [0.25, 0.3) is 12.3 Å². The zero-order chi connectivity index (χ0) is 18.9. The van der Waals surface area contributed by atoms with Crippen molar-refractivity contribution in [3.8, 4) is 0 Å². The quantitative estimate of drug-likeness (QED) is 0.789. The van der Waals surface area contributed by atoms with Crippen LogP contribution in [0.1, 0.15) is 53.1 Å². The van der Waals surface area contributed by atoms with E-state index in [1.807, 2.05) is 0 Å². The minimum atomic E-state index is -4.97. The number of nitrogens with zero attached hydrogens (tertiary/aromatic N) is 2. The van der Waals surface area contributed by atoms with Crippen molar-refractivity contribution in [2.75, 3.05) is 12.3 Å².